The third-order valence-corrected chi connectivity index (χ3v) is 3.90. The first kappa shape index (κ1) is 12.0. The van der Waals surface area contributed by atoms with Crippen LogP contribution in [0.2, 0.25) is 4.34 Å². The van der Waals surface area contributed by atoms with Crippen molar-refractivity contribution in [3.63, 3.8) is 0 Å². The molecule has 0 saturated heterocycles. The number of thiophene rings is 1. The topological polar surface area (TPSA) is 46.2 Å². The van der Waals surface area contributed by atoms with Crippen molar-refractivity contribution in [1.82, 2.24) is 0 Å². The summed E-state index contributed by atoms with van der Waals surface area (Å²) in [5, 5.41) is 10.5. The van der Waals surface area contributed by atoms with Gasteiger partial charge in [0.1, 0.15) is 5.60 Å². The molecule has 3 N–H and O–H groups in total. The summed E-state index contributed by atoms with van der Waals surface area (Å²) in [6, 6.07) is 3.62. The van der Waals surface area contributed by atoms with Gasteiger partial charge in [-0.1, -0.05) is 32.4 Å². The lowest BCUT2D eigenvalue weighted by atomic mass is 9.75. The Morgan fingerprint density at radius 3 is 2.29 bits per heavy atom. The molecule has 1 aromatic heterocycles. The van der Waals surface area contributed by atoms with Crippen LogP contribution < -0.4 is 5.73 Å². The van der Waals surface area contributed by atoms with Crippen LogP contribution in [0.4, 0.5) is 0 Å². The molecule has 14 heavy (non-hydrogen) atoms. The molecule has 80 valence electrons. The summed E-state index contributed by atoms with van der Waals surface area (Å²) >= 11 is 7.22. The maximum Gasteiger partial charge on any atom is 0.116 e. The van der Waals surface area contributed by atoms with E-state index in [1.54, 1.807) is 6.07 Å². The smallest absolute Gasteiger partial charge is 0.116 e. The predicted molar refractivity (Wildman–Crippen MR) is 61.7 cm³/mol. The second-order valence-electron chi connectivity index (χ2n) is 4.42. The van der Waals surface area contributed by atoms with Crippen molar-refractivity contribution in [3.8, 4) is 0 Å². The molecule has 1 atom stereocenters. The van der Waals surface area contributed by atoms with Crippen molar-refractivity contribution in [2.45, 2.75) is 26.4 Å². The van der Waals surface area contributed by atoms with E-state index in [0.717, 1.165) is 4.88 Å². The van der Waals surface area contributed by atoms with E-state index in [0.29, 0.717) is 4.34 Å². The Balaban J connectivity index is 3.14. The normalized spacial score (nSPS) is 16.7. The largest absolute Gasteiger partial charge is 0.382 e. The van der Waals surface area contributed by atoms with Crippen LogP contribution in [0.25, 0.3) is 0 Å². The molecule has 2 nitrogen and oxygen atoms in total. The molecule has 0 aromatic carbocycles. The van der Waals surface area contributed by atoms with Gasteiger partial charge in [0.25, 0.3) is 0 Å². The molecular formula is C10H16ClNOS. The van der Waals surface area contributed by atoms with Crippen LogP contribution in [0.5, 0.6) is 0 Å². The molecule has 0 radical (unpaired) electrons. The first-order valence-corrected chi connectivity index (χ1v) is 5.69. The van der Waals surface area contributed by atoms with Gasteiger partial charge in [-0.15, -0.1) is 11.3 Å². The van der Waals surface area contributed by atoms with Crippen molar-refractivity contribution < 1.29 is 5.11 Å². The number of hydrogen-bond donors (Lipinski definition) is 2. The Labute approximate surface area is 93.7 Å². The van der Waals surface area contributed by atoms with E-state index in [2.05, 4.69) is 0 Å². The predicted octanol–water partition coefficient (Wildman–Crippen LogP) is 2.59. The lowest BCUT2D eigenvalue weighted by Crippen LogP contribution is -2.45. The van der Waals surface area contributed by atoms with Crippen LogP contribution in [0.3, 0.4) is 0 Å². The molecule has 4 heteroatoms. The fourth-order valence-corrected chi connectivity index (χ4v) is 2.67. The minimum atomic E-state index is -0.995. The number of hydrogen-bond acceptors (Lipinski definition) is 3. The van der Waals surface area contributed by atoms with E-state index in [9.17, 15) is 5.11 Å². The molecule has 0 saturated carbocycles. The maximum absolute atomic E-state index is 10.5. The zero-order chi connectivity index (χ0) is 11.0. The fraction of sp³-hybridized carbons (Fsp3) is 0.600. The monoisotopic (exact) mass is 233 g/mol. The van der Waals surface area contributed by atoms with E-state index in [1.165, 1.54) is 11.3 Å². The third kappa shape index (κ3) is 1.96. The Kier molecular flexibility index (Phi) is 3.26. The summed E-state index contributed by atoms with van der Waals surface area (Å²) in [6.07, 6.45) is 0. The molecule has 1 unspecified atom stereocenters. The van der Waals surface area contributed by atoms with E-state index in [1.807, 2.05) is 26.8 Å². The molecular weight excluding hydrogens is 218 g/mol. The molecule has 0 bridgehead atoms. The molecule has 0 spiro atoms. The van der Waals surface area contributed by atoms with Crippen molar-refractivity contribution >= 4 is 22.9 Å². The molecule has 0 aliphatic carbocycles. The average molecular weight is 234 g/mol. The number of halogens is 1. The fourth-order valence-electron chi connectivity index (χ4n) is 1.31. The van der Waals surface area contributed by atoms with Gasteiger partial charge in [-0.2, -0.15) is 0 Å². The van der Waals surface area contributed by atoms with Gasteiger partial charge in [-0.05, 0) is 17.5 Å². The van der Waals surface area contributed by atoms with E-state index in [-0.39, 0.29) is 12.0 Å². The van der Waals surface area contributed by atoms with Crippen LogP contribution in [0, 0.1) is 5.41 Å². The minimum absolute atomic E-state index is 0.202. The SMILES string of the molecule is CC(C)(C)C(O)(CN)c1ccc(Cl)s1. The van der Waals surface area contributed by atoms with Gasteiger partial charge >= 0.3 is 0 Å². The Morgan fingerprint density at radius 1 is 1.43 bits per heavy atom. The van der Waals surface area contributed by atoms with E-state index >= 15 is 0 Å². The van der Waals surface area contributed by atoms with Gasteiger partial charge in [0.05, 0.1) is 4.34 Å². The summed E-state index contributed by atoms with van der Waals surface area (Å²) < 4.78 is 0.677. The van der Waals surface area contributed by atoms with Crippen molar-refractivity contribution in [2.75, 3.05) is 6.54 Å². The van der Waals surface area contributed by atoms with Crippen LogP contribution in [0.15, 0.2) is 12.1 Å². The van der Waals surface area contributed by atoms with Gasteiger partial charge in [-0.3, -0.25) is 0 Å². The number of aliphatic hydroxyl groups is 1. The summed E-state index contributed by atoms with van der Waals surface area (Å²) in [7, 11) is 0. The zero-order valence-corrected chi connectivity index (χ0v) is 10.2. The highest BCUT2D eigenvalue weighted by molar-refractivity contribution is 7.16. The highest BCUT2D eigenvalue weighted by Gasteiger charge is 2.41. The standard InChI is InChI=1S/C10H16ClNOS/c1-9(2,3)10(13,6-12)7-4-5-8(11)14-7/h4-5,13H,6,12H2,1-3H3. The Morgan fingerprint density at radius 2 is 2.00 bits per heavy atom. The maximum atomic E-state index is 10.5. The lowest BCUT2D eigenvalue weighted by Gasteiger charge is -2.38. The van der Waals surface area contributed by atoms with Gasteiger partial charge in [-0.25, -0.2) is 0 Å². The van der Waals surface area contributed by atoms with Crippen LogP contribution in [-0.4, -0.2) is 11.7 Å². The van der Waals surface area contributed by atoms with Crippen molar-refractivity contribution in [3.05, 3.63) is 21.3 Å². The average Bonchev–Trinajstić information content (AvgIpc) is 2.48. The molecule has 0 fully saturated rings. The summed E-state index contributed by atoms with van der Waals surface area (Å²) in [4.78, 5) is 0.831. The Bertz CT molecular complexity index is 318. The zero-order valence-electron chi connectivity index (χ0n) is 8.67. The van der Waals surface area contributed by atoms with Crippen molar-refractivity contribution in [1.29, 1.82) is 0 Å². The molecule has 1 rings (SSSR count). The van der Waals surface area contributed by atoms with Crippen LogP contribution in [-0.2, 0) is 5.60 Å². The first-order valence-electron chi connectivity index (χ1n) is 4.49. The molecule has 1 aromatic rings. The number of nitrogens with two attached hydrogens (primary N) is 1. The van der Waals surface area contributed by atoms with Gasteiger partial charge in [0, 0.05) is 11.4 Å². The molecule has 0 aliphatic heterocycles. The summed E-state index contributed by atoms with van der Waals surface area (Å²) in [5.41, 5.74) is 4.36. The van der Waals surface area contributed by atoms with Crippen LogP contribution in [0.1, 0.15) is 25.6 Å². The van der Waals surface area contributed by atoms with Crippen LogP contribution >= 0.6 is 22.9 Å². The molecule has 0 aliphatic rings. The quantitative estimate of drug-likeness (QED) is 0.825. The van der Waals surface area contributed by atoms with Gasteiger partial charge in [0.2, 0.25) is 0 Å². The summed E-state index contributed by atoms with van der Waals surface area (Å²) in [6.45, 7) is 6.10. The molecule has 0 amide bonds. The molecule has 1 heterocycles. The first-order chi connectivity index (χ1) is 6.31. The number of rotatable bonds is 2. The lowest BCUT2D eigenvalue weighted by molar-refractivity contribution is -0.0525. The summed E-state index contributed by atoms with van der Waals surface area (Å²) in [5.74, 6) is 0. The van der Waals surface area contributed by atoms with E-state index < -0.39 is 5.60 Å². The highest BCUT2D eigenvalue weighted by Crippen LogP contribution is 2.42. The minimum Gasteiger partial charge on any atom is -0.382 e. The third-order valence-electron chi connectivity index (χ3n) is 2.52. The second-order valence-corrected chi connectivity index (χ2v) is 6.13. The van der Waals surface area contributed by atoms with Gasteiger partial charge in [0.15, 0.2) is 0 Å². The Hall–Kier alpha value is -0.0900. The van der Waals surface area contributed by atoms with Gasteiger partial charge < -0.3 is 10.8 Å². The van der Waals surface area contributed by atoms with E-state index in [4.69, 9.17) is 17.3 Å². The highest BCUT2D eigenvalue weighted by atomic mass is 35.5. The van der Waals surface area contributed by atoms with Crippen molar-refractivity contribution in [2.24, 2.45) is 11.1 Å². The second kappa shape index (κ2) is 3.81.